The molecule has 0 atom stereocenters. The van der Waals surface area contributed by atoms with Gasteiger partial charge in [-0.2, -0.15) is 16.3 Å². The summed E-state index contributed by atoms with van der Waals surface area (Å²) in [4.78, 5) is 17.6. The van der Waals surface area contributed by atoms with Gasteiger partial charge in [-0.1, -0.05) is 12.1 Å². The Labute approximate surface area is 121 Å². The van der Waals surface area contributed by atoms with Crippen LogP contribution >= 0.6 is 11.3 Å². The highest BCUT2D eigenvalue weighted by atomic mass is 32.1. The fourth-order valence-corrected chi connectivity index (χ4v) is 2.43. The molecular weight excluding hydrogens is 278 g/mol. The number of ether oxygens (including phenoxy) is 1. The Morgan fingerprint density at radius 3 is 3.05 bits per heavy atom. The number of aromatic nitrogens is 2. The molecule has 0 aromatic carbocycles. The molecule has 2 aromatic rings. The highest BCUT2D eigenvalue weighted by molar-refractivity contribution is 7.08. The Bertz CT molecular complexity index is 539. The SMILES string of the molecule is CCCN(CC(=O)OC)Cc1noc(-c2ccsc2)n1. The molecule has 2 heterocycles. The quantitative estimate of drug-likeness (QED) is 0.729. The fourth-order valence-electron chi connectivity index (χ4n) is 1.80. The van der Waals surface area contributed by atoms with Gasteiger partial charge in [-0.3, -0.25) is 9.69 Å². The first-order valence-corrected chi connectivity index (χ1v) is 7.31. The molecule has 0 N–H and O–H groups in total. The third-order valence-corrected chi connectivity index (χ3v) is 3.40. The molecule has 0 spiro atoms. The summed E-state index contributed by atoms with van der Waals surface area (Å²) < 4.78 is 9.91. The number of methoxy groups -OCH3 is 1. The van der Waals surface area contributed by atoms with E-state index in [1.165, 1.54) is 7.11 Å². The molecule has 0 amide bonds. The van der Waals surface area contributed by atoms with E-state index in [-0.39, 0.29) is 12.5 Å². The van der Waals surface area contributed by atoms with Crippen LogP contribution in [0, 0.1) is 0 Å². The van der Waals surface area contributed by atoms with Crippen molar-refractivity contribution in [3.05, 3.63) is 22.7 Å². The first-order chi connectivity index (χ1) is 9.72. The number of nitrogens with zero attached hydrogens (tertiary/aromatic N) is 3. The van der Waals surface area contributed by atoms with Crippen LogP contribution in [0.2, 0.25) is 0 Å². The number of hydrogen-bond donors (Lipinski definition) is 0. The van der Waals surface area contributed by atoms with Gasteiger partial charge in [-0.15, -0.1) is 0 Å². The van der Waals surface area contributed by atoms with Crippen LogP contribution in [-0.2, 0) is 16.1 Å². The lowest BCUT2D eigenvalue weighted by Gasteiger charge is -2.17. The van der Waals surface area contributed by atoms with Crippen LogP contribution in [0.1, 0.15) is 19.2 Å². The zero-order valence-electron chi connectivity index (χ0n) is 11.5. The van der Waals surface area contributed by atoms with Gasteiger partial charge < -0.3 is 9.26 Å². The third kappa shape index (κ3) is 3.88. The Morgan fingerprint density at radius 1 is 1.55 bits per heavy atom. The molecule has 108 valence electrons. The Hall–Kier alpha value is -1.73. The van der Waals surface area contributed by atoms with E-state index in [1.807, 2.05) is 21.7 Å². The summed E-state index contributed by atoms with van der Waals surface area (Å²) in [7, 11) is 1.38. The average Bonchev–Trinajstić information content (AvgIpc) is 3.08. The summed E-state index contributed by atoms with van der Waals surface area (Å²) in [5, 5.41) is 7.86. The molecule has 20 heavy (non-hydrogen) atoms. The van der Waals surface area contributed by atoms with E-state index in [4.69, 9.17) is 4.52 Å². The van der Waals surface area contributed by atoms with Crippen molar-refractivity contribution in [2.75, 3.05) is 20.2 Å². The smallest absolute Gasteiger partial charge is 0.319 e. The van der Waals surface area contributed by atoms with Gasteiger partial charge in [0.15, 0.2) is 5.82 Å². The maximum absolute atomic E-state index is 11.4. The van der Waals surface area contributed by atoms with Gasteiger partial charge in [0.25, 0.3) is 5.89 Å². The van der Waals surface area contributed by atoms with Crippen LogP contribution in [0.4, 0.5) is 0 Å². The molecular formula is C13H17N3O3S. The fraction of sp³-hybridized carbons (Fsp3) is 0.462. The summed E-state index contributed by atoms with van der Waals surface area (Å²) in [6.07, 6.45) is 0.937. The largest absolute Gasteiger partial charge is 0.468 e. The van der Waals surface area contributed by atoms with Crippen molar-refractivity contribution in [1.82, 2.24) is 15.0 Å². The molecule has 0 aliphatic heterocycles. The number of rotatable bonds is 7. The van der Waals surface area contributed by atoms with Crippen molar-refractivity contribution in [3.63, 3.8) is 0 Å². The molecule has 0 saturated heterocycles. The van der Waals surface area contributed by atoms with Crippen LogP contribution < -0.4 is 0 Å². The summed E-state index contributed by atoms with van der Waals surface area (Å²) in [6, 6.07) is 1.93. The lowest BCUT2D eigenvalue weighted by atomic mass is 10.3. The summed E-state index contributed by atoms with van der Waals surface area (Å²) in [5.41, 5.74) is 0.920. The second-order valence-corrected chi connectivity index (χ2v) is 5.09. The molecule has 2 aromatic heterocycles. The molecule has 0 bridgehead atoms. The van der Waals surface area contributed by atoms with Crippen molar-refractivity contribution in [3.8, 4) is 11.5 Å². The lowest BCUT2D eigenvalue weighted by molar-refractivity contribution is -0.142. The van der Waals surface area contributed by atoms with E-state index in [9.17, 15) is 4.79 Å². The van der Waals surface area contributed by atoms with E-state index in [1.54, 1.807) is 11.3 Å². The highest BCUT2D eigenvalue weighted by Gasteiger charge is 2.15. The zero-order chi connectivity index (χ0) is 14.4. The zero-order valence-corrected chi connectivity index (χ0v) is 12.4. The molecule has 0 aliphatic rings. The average molecular weight is 295 g/mol. The van der Waals surface area contributed by atoms with Gasteiger partial charge in [0, 0.05) is 5.38 Å². The first kappa shape index (κ1) is 14.7. The van der Waals surface area contributed by atoms with Crippen molar-refractivity contribution >= 4 is 17.3 Å². The van der Waals surface area contributed by atoms with E-state index >= 15 is 0 Å². The maximum atomic E-state index is 11.4. The summed E-state index contributed by atoms with van der Waals surface area (Å²) >= 11 is 1.58. The minimum absolute atomic E-state index is 0.229. The van der Waals surface area contributed by atoms with Gasteiger partial charge in [0.2, 0.25) is 0 Å². The second kappa shape index (κ2) is 7.16. The molecule has 7 heteroatoms. The molecule has 2 rings (SSSR count). The van der Waals surface area contributed by atoms with Gasteiger partial charge in [0.05, 0.1) is 25.8 Å². The molecule has 0 aliphatic carbocycles. The number of carbonyl (C=O) groups is 1. The van der Waals surface area contributed by atoms with Crippen molar-refractivity contribution in [2.24, 2.45) is 0 Å². The Morgan fingerprint density at radius 2 is 2.40 bits per heavy atom. The highest BCUT2D eigenvalue weighted by Crippen LogP contribution is 2.20. The van der Waals surface area contributed by atoms with Crippen LogP contribution in [0.25, 0.3) is 11.5 Å². The monoisotopic (exact) mass is 295 g/mol. The predicted octanol–water partition coefficient (Wildman–Crippen LogP) is 2.18. The third-order valence-electron chi connectivity index (χ3n) is 2.72. The summed E-state index contributed by atoms with van der Waals surface area (Å²) in [5.74, 6) is 0.819. The normalized spacial score (nSPS) is 10.9. The molecule has 0 saturated carbocycles. The van der Waals surface area contributed by atoms with Crippen LogP contribution in [-0.4, -0.2) is 41.2 Å². The maximum Gasteiger partial charge on any atom is 0.319 e. The molecule has 0 unspecified atom stereocenters. The Balaban J connectivity index is 2.01. The predicted molar refractivity (Wildman–Crippen MR) is 75.2 cm³/mol. The number of esters is 1. The standard InChI is InChI=1S/C13H17N3O3S/c1-3-5-16(8-12(17)18-2)7-11-14-13(19-15-11)10-4-6-20-9-10/h4,6,9H,3,5,7-8H2,1-2H3. The van der Waals surface area contributed by atoms with Crippen LogP contribution in [0.5, 0.6) is 0 Å². The van der Waals surface area contributed by atoms with E-state index in [0.29, 0.717) is 18.3 Å². The minimum atomic E-state index is -0.264. The second-order valence-electron chi connectivity index (χ2n) is 4.31. The van der Waals surface area contributed by atoms with Gasteiger partial charge in [-0.05, 0) is 24.4 Å². The van der Waals surface area contributed by atoms with E-state index < -0.39 is 0 Å². The Kier molecular flexibility index (Phi) is 5.25. The van der Waals surface area contributed by atoms with E-state index in [0.717, 1.165) is 18.5 Å². The topological polar surface area (TPSA) is 68.5 Å². The molecule has 0 radical (unpaired) electrons. The minimum Gasteiger partial charge on any atom is -0.468 e. The van der Waals surface area contributed by atoms with Crippen LogP contribution in [0.15, 0.2) is 21.3 Å². The summed E-state index contributed by atoms with van der Waals surface area (Å²) in [6.45, 7) is 3.53. The van der Waals surface area contributed by atoms with Crippen molar-refractivity contribution in [2.45, 2.75) is 19.9 Å². The number of carbonyl (C=O) groups excluding carboxylic acids is 1. The van der Waals surface area contributed by atoms with Crippen molar-refractivity contribution < 1.29 is 14.1 Å². The number of thiophene rings is 1. The number of hydrogen-bond acceptors (Lipinski definition) is 7. The van der Waals surface area contributed by atoms with Gasteiger partial charge >= 0.3 is 5.97 Å². The molecule has 0 fully saturated rings. The first-order valence-electron chi connectivity index (χ1n) is 6.37. The van der Waals surface area contributed by atoms with Gasteiger partial charge in [-0.25, -0.2) is 0 Å². The van der Waals surface area contributed by atoms with E-state index in [2.05, 4.69) is 21.8 Å². The van der Waals surface area contributed by atoms with Crippen LogP contribution in [0.3, 0.4) is 0 Å². The lowest BCUT2D eigenvalue weighted by Crippen LogP contribution is -2.31. The molecule has 6 nitrogen and oxygen atoms in total. The van der Waals surface area contributed by atoms with Crippen molar-refractivity contribution in [1.29, 1.82) is 0 Å². The van der Waals surface area contributed by atoms with Gasteiger partial charge in [0.1, 0.15) is 0 Å².